The maximum Gasteiger partial charge on any atom is 0.492 e. The number of carbonyl (C=O) groups excluding carboxylic acids is 2. The topological polar surface area (TPSA) is 114 Å². The van der Waals surface area contributed by atoms with Gasteiger partial charge in [0.25, 0.3) is 5.91 Å². The second-order valence-corrected chi connectivity index (χ2v) is 8.22. The molecule has 2 heterocycles. The third kappa shape index (κ3) is 4.98. The van der Waals surface area contributed by atoms with Crippen molar-refractivity contribution in [1.29, 1.82) is 0 Å². The fourth-order valence-corrected chi connectivity index (χ4v) is 3.68. The van der Waals surface area contributed by atoms with E-state index in [0.29, 0.717) is 29.8 Å². The van der Waals surface area contributed by atoms with E-state index in [1.165, 1.54) is 13.8 Å². The van der Waals surface area contributed by atoms with Gasteiger partial charge in [0.05, 0.1) is 18.8 Å². The van der Waals surface area contributed by atoms with Gasteiger partial charge < -0.3 is 29.6 Å². The summed E-state index contributed by atoms with van der Waals surface area (Å²) in [7, 11) is -1.08. The third-order valence-electron chi connectivity index (χ3n) is 5.51. The Morgan fingerprint density at radius 3 is 2.69 bits per heavy atom. The van der Waals surface area contributed by atoms with Crippen LogP contribution in [-0.2, 0) is 25.5 Å². The van der Waals surface area contributed by atoms with Crippen molar-refractivity contribution in [3.05, 3.63) is 28.8 Å². The van der Waals surface area contributed by atoms with Crippen LogP contribution in [0.4, 0.5) is 0 Å². The first-order valence-corrected chi connectivity index (χ1v) is 9.88. The number of carbonyl (C=O) groups is 2. The predicted molar refractivity (Wildman–Crippen MR) is 106 cm³/mol. The van der Waals surface area contributed by atoms with E-state index in [2.05, 4.69) is 5.32 Å². The number of hydrogen-bond acceptors (Lipinski definition) is 7. The number of hydrogen-bond donors (Lipinski definition) is 3. The summed E-state index contributed by atoms with van der Waals surface area (Å²) in [5.41, 5.74) is 0.756. The minimum Gasteiger partial charge on any atom is -0.464 e. The maximum absolute atomic E-state index is 12.9. The lowest BCUT2D eigenvalue weighted by Crippen LogP contribution is -2.55. The van der Waals surface area contributed by atoms with Crippen LogP contribution in [0.5, 0.6) is 0 Å². The first-order valence-electron chi connectivity index (χ1n) is 9.88. The number of nitrogens with one attached hydrogen (secondary N) is 1. The predicted octanol–water partition coefficient (Wildman–Crippen LogP) is 0.0518. The third-order valence-corrected chi connectivity index (χ3v) is 5.51. The fourth-order valence-electron chi connectivity index (χ4n) is 3.68. The monoisotopic (exact) mass is 405 g/mol. The molecule has 1 saturated heterocycles. The maximum atomic E-state index is 12.9. The van der Waals surface area contributed by atoms with Gasteiger partial charge in [-0.25, -0.2) is 4.79 Å². The highest BCUT2D eigenvalue weighted by Crippen LogP contribution is 2.19. The number of esters is 1. The Kier molecular flexibility index (Phi) is 6.63. The Balaban J connectivity index is 1.71. The molecular weight excluding hydrogens is 377 g/mol. The Hall–Kier alpha value is -1.94. The van der Waals surface area contributed by atoms with Crippen LogP contribution >= 0.6 is 0 Å². The Morgan fingerprint density at radius 1 is 1.34 bits per heavy atom. The second kappa shape index (κ2) is 8.83. The summed E-state index contributed by atoms with van der Waals surface area (Å²) >= 11 is 0. The molecule has 2 aliphatic heterocycles. The highest BCUT2D eigenvalue weighted by molar-refractivity contribution is 6.62. The van der Waals surface area contributed by atoms with Crippen LogP contribution in [-0.4, -0.2) is 60.6 Å². The van der Waals surface area contributed by atoms with E-state index in [1.807, 2.05) is 0 Å². The van der Waals surface area contributed by atoms with Gasteiger partial charge >= 0.3 is 13.1 Å². The molecule has 0 saturated carbocycles. The van der Waals surface area contributed by atoms with Gasteiger partial charge in [-0.05, 0) is 62.2 Å². The molecule has 1 fully saturated rings. The van der Waals surface area contributed by atoms with Crippen LogP contribution in [0.25, 0.3) is 0 Å². The molecule has 3 N–H and O–H groups in total. The van der Waals surface area contributed by atoms with Crippen molar-refractivity contribution in [2.24, 2.45) is 5.92 Å². The van der Waals surface area contributed by atoms with Crippen LogP contribution in [0, 0.1) is 12.8 Å². The minimum absolute atomic E-state index is 0.214. The van der Waals surface area contributed by atoms with Gasteiger partial charge in [-0.3, -0.25) is 4.79 Å². The van der Waals surface area contributed by atoms with Gasteiger partial charge in [-0.15, -0.1) is 0 Å². The summed E-state index contributed by atoms with van der Waals surface area (Å²) in [5.74, 6) is -0.995. The molecule has 1 aromatic rings. The number of amides is 1. The molecule has 1 aromatic carbocycles. The van der Waals surface area contributed by atoms with Crippen molar-refractivity contribution in [2.45, 2.75) is 51.9 Å². The molecule has 0 aromatic heterocycles. The molecule has 3 rings (SSSR count). The smallest absolute Gasteiger partial charge is 0.464 e. The molecule has 1 unspecified atom stereocenters. The summed E-state index contributed by atoms with van der Waals surface area (Å²) in [4.78, 5) is 25.5. The van der Waals surface area contributed by atoms with Gasteiger partial charge in [0, 0.05) is 18.8 Å². The standard InChI is InChI=1S/C20H28BNO7/c1-12-15(5-4-14-11-29-21(26)16(12)14)18(23)22-17(20(2,3)25)19(24)28-10-13-6-8-27-9-7-13/h4-5,13,17,25-26H,6-11H2,1-3H3,(H,22,23). The average Bonchev–Trinajstić information content (AvgIpc) is 3.06. The zero-order chi connectivity index (χ0) is 21.2. The van der Waals surface area contributed by atoms with E-state index in [4.69, 9.17) is 14.1 Å². The van der Waals surface area contributed by atoms with Crippen molar-refractivity contribution >= 4 is 24.5 Å². The molecule has 2 aliphatic rings. The normalized spacial score (nSPS) is 18.3. The van der Waals surface area contributed by atoms with Crippen LogP contribution in [0.3, 0.4) is 0 Å². The van der Waals surface area contributed by atoms with Gasteiger partial charge in [0.15, 0.2) is 6.04 Å². The van der Waals surface area contributed by atoms with Crippen LogP contribution < -0.4 is 10.8 Å². The quantitative estimate of drug-likeness (QED) is 0.453. The molecule has 1 atom stereocenters. The molecule has 0 bridgehead atoms. The summed E-state index contributed by atoms with van der Waals surface area (Å²) in [6.45, 7) is 6.40. The van der Waals surface area contributed by atoms with E-state index in [1.54, 1.807) is 19.1 Å². The molecule has 1 amide bonds. The number of ether oxygens (including phenoxy) is 2. The lowest BCUT2D eigenvalue weighted by molar-refractivity contribution is -0.154. The number of aliphatic hydroxyl groups is 1. The van der Waals surface area contributed by atoms with Crippen LogP contribution in [0.1, 0.15) is 48.2 Å². The molecule has 0 aliphatic carbocycles. The average molecular weight is 405 g/mol. The van der Waals surface area contributed by atoms with E-state index in [9.17, 15) is 19.7 Å². The first kappa shape index (κ1) is 21.8. The summed E-state index contributed by atoms with van der Waals surface area (Å²) < 4.78 is 15.9. The van der Waals surface area contributed by atoms with Crippen molar-refractivity contribution in [3.8, 4) is 0 Å². The number of fused-ring (bicyclic) bond motifs is 1. The summed E-state index contributed by atoms with van der Waals surface area (Å²) in [5, 5.41) is 23.0. The molecule has 0 radical (unpaired) electrons. The summed E-state index contributed by atoms with van der Waals surface area (Å²) in [6, 6.07) is 2.11. The first-order chi connectivity index (χ1) is 13.7. The lowest BCUT2D eigenvalue weighted by Gasteiger charge is -2.29. The molecule has 0 spiro atoms. The van der Waals surface area contributed by atoms with E-state index in [-0.39, 0.29) is 19.1 Å². The molecule has 9 heteroatoms. The van der Waals surface area contributed by atoms with E-state index >= 15 is 0 Å². The molecule has 158 valence electrons. The highest BCUT2D eigenvalue weighted by Gasteiger charge is 2.38. The van der Waals surface area contributed by atoms with Crippen molar-refractivity contribution in [1.82, 2.24) is 5.32 Å². The van der Waals surface area contributed by atoms with E-state index < -0.39 is 30.6 Å². The second-order valence-electron chi connectivity index (χ2n) is 8.22. The Morgan fingerprint density at radius 2 is 2.03 bits per heavy atom. The number of benzene rings is 1. The van der Waals surface area contributed by atoms with Gasteiger partial charge in [-0.1, -0.05) is 6.07 Å². The van der Waals surface area contributed by atoms with Crippen molar-refractivity contribution in [3.63, 3.8) is 0 Å². The molecular formula is C20H28BNO7. The Bertz CT molecular complexity index is 771. The zero-order valence-electron chi connectivity index (χ0n) is 17.1. The number of rotatable bonds is 6. The SMILES string of the molecule is Cc1c(C(=O)NC(C(=O)OCC2CCOCC2)C(C)(C)O)ccc2c1B(O)OC2. The van der Waals surface area contributed by atoms with Gasteiger partial charge in [0.1, 0.15) is 0 Å². The minimum atomic E-state index is -1.52. The molecule has 29 heavy (non-hydrogen) atoms. The molecule has 8 nitrogen and oxygen atoms in total. The van der Waals surface area contributed by atoms with Gasteiger partial charge in [-0.2, -0.15) is 0 Å². The lowest BCUT2D eigenvalue weighted by atomic mass is 9.75. The zero-order valence-corrected chi connectivity index (χ0v) is 17.1. The van der Waals surface area contributed by atoms with Gasteiger partial charge in [0.2, 0.25) is 0 Å². The van der Waals surface area contributed by atoms with Crippen LogP contribution in [0.2, 0.25) is 0 Å². The highest BCUT2D eigenvalue weighted by atomic mass is 16.5. The van der Waals surface area contributed by atoms with Crippen molar-refractivity contribution < 1.29 is 33.8 Å². The fraction of sp³-hybridized carbons (Fsp3) is 0.600. The largest absolute Gasteiger partial charge is 0.492 e. The van der Waals surface area contributed by atoms with Crippen molar-refractivity contribution in [2.75, 3.05) is 19.8 Å². The van der Waals surface area contributed by atoms with Crippen LogP contribution in [0.15, 0.2) is 12.1 Å². The van der Waals surface area contributed by atoms with E-state index in [0.717, 1.165) is 18.4 Å². The Labute approximate surface area is 170 Å². The summed E-state index contributed by atoms with van der Waals surface area (Å²) in [6.07, 6.45) is 1.62.